The normalized spacial score (nSPS) is 12.5. The molecular weight excluding hydrogens is 753 g/mol. The van der Waals surface area contributed by atoms with Crippen LogP contribution in [0, 0.1) is 0 Å². The van der Waals surface area contributed by atoms with E-state index in [-0.39, 0.29) is 13.1 Å². The first-order valence-electron chi connectivity index (χ1n) is 19.6. The molecule has 2 unspecified atom stereocenters. The van der Waals surface area contributed by atoms with Crippen molar-refractivity contribution in [1.82, 2.24) is 31.3 Å². The Morgan fingerprint density at radius 1 is 0.741 bits per heavy atom. The quantitative estimate of drug-likeness (QED) is 0.0419. The lowest BCUT2D eigenvalue weighted by Crippen LogP contribution is -2.58. The van der Waals surface area contributed by atoms with Crippen molar-refractivity contribution in [3.8, 4) is 0 Å². The summed E-state index contributed by atoms with van der Waals surface area (Å²) in [6, 6.07) is 34.5. The first kappa shape index (κ1) is 43.5. The van der Waals surface area contributed by atoms with Crippen LogP contribution in [-0.4, -0.2) is 85.4 Å². The standard InChI is InChI=1S/C45H54N6O6S/c1-6-46-44(55)49-50(5)30-41(53)47-38(42(54)51(32(4)43(56-7-2)57-8-3)29-33-31-58-39-27-19-18-26-37(33)39)28-40(52)48-45(34-20-12-9-13-21-34,35-22-14-10-15-23-35)36-24-16-11-17-25-36/h9-27,31-32,38,43H,6-8,28-30H2,1-5H3,(H,47,53)(H,48,52)(H2,46,49,55). The SMILES string of the molecule is CCNC(=O)NN(C)CC(=O)NC(CC(=O)NC(c1ccccc1)(c1ccccc1)c1ccccc1)C(=O)N(Cc1csc2ccccc12)C(C)C(OCC)OCC. The summed E-state index contributed by atoms with van der Waals surface area (Å²) in [5, 5.41) is 13.2. The van der Waals surface area contributed by atoms with E-state index in [9.17, 15) is 14.4 Å². The molecule has 0 radical (unpaired) electrons. The van der Waals surface area contributed by atoms with Gasteiger partial charge in [-0.3, -0.25) is 19.8 Å². The lowest BCUT2D eigenvalue weighted by molar-refractivity contribution is -0.180. The fourth-order valence-electron chi connectivity index (χ4n) is 7.06. The van der Waals surface area contributed by atoms with Gasteiger partial charge in [-0.05, 0) is 66.8 Å². The molecule has 13 heteroatoms. The number of hydrazine groups is 1. The van der Waals surface area contributed by atoms with Crippen molar-refractivity contribution in [2.75, 3.05) is 33.4 Å². The third kappa shape index (κ3) is 10.9. The molecule has 1 aromatic heterocycles. The molecule has 306 valence electrons. The minimum absolute atomic E-state index is 0.162. The Morgan fingerprint density at radius 2 is 1.28 bits per heavy atom. The van der Waals surface area contributed by atoms with Gasteiger partial charge in [-0.15, -0.1) is 11.3 Å². The van der Waals surface area contributed by atoms with E-state index in [0.717, 1.165) is 32.3 Å². The molecule has 0 spiro atoms. The van der Waals surface area contributed by atoms with Gasteiger partial charge in [-0.1, -0.05) is 109 Å². The highest BCUT2D eigenvalue weighted by Gasteiger charge is 2.40. The molecule has 0 aliphatic rings. The Hall–Kier alpha value is -5.60. The molecule has 0 saturated heterocycles. The zero-order chi connectivity index (χ0) is 41.5. The van der Waals surface area contributed by atoms with Crippen molar-refractivity contribution >= 4 is 45.2 Å². The Labute approximate surface area is 344 Å². The largest absolute Gasteiger partial charge is 0.351 e. The van der Waals surface area contributed by atoms with E-state index in [0.29, 0.717) is 19.8 Å². The van der Waals surface area contributed by atoms with E-state index in [1.54, 1.807) is 23.2 Å². The highest BCUT2D eigenvalue weighted by molar-refractivity contribution is 7.17. The van der Waals surface area contributed by atoms with Crippen molar-refractivity contribution in [1.29, 1.82) is 0 Å². The maximum absolute atomic E-state index is 15.2. The van der Waals surface area contributed by atoms with E-state index in [1.807, 2.05) is 141 Å². The second-order valence-electron chi connectivity index (χ2n) is 13.8. The van der Waals surface area contributed by atoms with Crippen molar-refractivity contribution in [2.45, 2.75) is 64.6 Å². The van der Waals surface area contributed by atoms with E-state index in [1.165, 1.54) is 12.1 Å². The summed E-state index contributed by atoms with van der Waals surface area (Å²) in [6.07, 6.45) is -1.20. The van der Waals surface area contributed by atoms with Crippen molar-refractivity contribution in [3.05, 3.63) is 143 Å². The fourth-order valence-corrected chi connectivity index (χ4v) is 8.01. The topological polar surface area (TPSA) is 141 Å². The summed E-state index contributed by atoms with van der Waals surface area (Å²) in [5.41, 5.74) is 4.75. The molecular formula is C45H54N6O6S. The van der Waals surface area contributed by atoms with E-state index >= 15 is 4.79 Å². The number of fused-ring (bicyclic) bond motifs is 1. The Morgan fingerprint density at radius 3 is 1.81 bits per heavy atom. The van der Waals surface area contributed by atoms with Crippen LogP contribution in [0.25, 0.3) is 10.1 Å². The summed E-state index contributed by atoms with van der Waals surface area (Å²) in [5.74, 6) is -1.56. The number of hydrogen-bond acceptors (Lipinski definition) is 8. The number of amides is 5. The number of carbonyl (C=O) groups is 4. The van der Waals surface area contributed by atoms with Gasteiger partial charge in [0, 0.05) is 38.1 Å². The predicted octanol–water partition coefficient (Wildman–Crippen LogP) is 6.17. The number of ether oxygens (including phenoxy) is 2. The lowest BCUT2D eigenvalue weighted by atomic mass is 9.77. The molecule has 12 nitrogen and oxygen atoms in total. The molecule has 0 aliphatic carbocycles. The highest BCUT2D eigenvalue weighted by atomic mass is 32.1. The van der Waals surface area contributed by atoms with Crippen LogP contribution in [0.3, 0.4) is 0 Å². The summed E-state index contributed by atoms with van der Waals surface area (Å²) in [7, 11) is 1.54. The number of nitrogens with zero attached hydrogens (tertiary/aromatic N) is 2. The number of carbonyl (C=O) groups excluding carboxylic acids is 4. The first-order chi connectivity index (χ1) is 28.1. The average Bonchev–Trinajstić information content (AvgIpc) is 3.64. The highest BCUT2D eigenvalue weighted by Crippen LogP contribution is 2.37. The van der Waals surface area contributed by atoms with Gasteiger partial charge in [-0.2, -0.15) is 0 Å². The molecule has 1 heterocycles. The number of likely N-dealkylation sites (N-methyl/N-ethyl adjacent to an activating group) is 1. The van der Waals surface area contributed by atoms with Crippen molar-refractivity contribution < 1.29 is 28.7 Å². The van der Waals surface area contributed by atoms with Crippen LogP contribution in [-0.2, 0) is 35.9 Å². The van der Waals surface area contributed by atoms with Crippen LogP contribution in [0.5, 0.6) is 0 Å². The smallest absolute Gasteiger partial charge is 0.329 e. The second-order valence-corrected chi connectivity index (χ2v) is 14.7. The predicted molar refractivity (Wildman–Crippen MR) is 228 cm³/mol. The van der Waals surface area contributed by atoms with Gasteiger partial charge in [0.25, 0.3) is 0 Å². The van der Waals surface area contributed by atoms with E-state index < -0.39 is 54.1 Å². The number of hydrogen-bond donors (Lipinski definition) is 4. The number of thiophene rings is 1. The molecule has 5 rings (SSSR count). The monoisotopic (exact) mass is 806 g/mol. The van der Waals surface area contributed by atoms with Crippen LogP contribution in [0.2, 0.25) is 0 Å². The molecule has 5 aromatic rings. The van der Waals surface area contributed by atoms with Crippen molar-refractivity contribution in [2.24, 2.45) is 0 Å². The van der Waals surface area contributed by atoms with Gasteiger partial charge >= 0.3 is 6.03 Å². The van der Waals surface area contributed by atoms with Crippen molar-refractivity contribution in [3.63, 3.8) is 0 Å². The van der Waals surface area contributed by atoms with Crippen LogP contribution in [0.4, 0.5) is 4.79 Å². The maximum Gasteiger partial charge on any atom is 0.329 e. The Bertz CT molecular complexity index is 1980. The number of urea groups is 1. The molecule has 58 heavy (non-hydrogen) atoms. The molecule has 0 fully saturated rings. The molecule has 2 atom stereocenters. The number of benzene rings is 4. The molecule has 4 aromatic carbocycles. The minimum Gasteiger partial charge on any atom is -0.351 e. The Balaban J connectivity index is 1.56. The molecule has 0 saturated carbocycles. The lowest BCUT2D eigenvalue weighted by Gasteiger charge is -2.38. The third-order valence-corrected chi connectivity index (χ3v) is 10.7. The summed E-state index contributed by atoms with van der Waals surface area (Å²) in [6.45, 7) is 8.28. The van der Waals surface area contributed by atoms with Crippen LogP contribution in [0.1, 0.15) is 56.4 Å². The zero-order valence-electron chi connectivity index (χ0n) is 33.8. The number of rotatable bonds is 20. The maximum atomic E-state index is 15.2. The van der Waals surface area contributed by atoms with Gasteiger partial charge in [0.05, 0.1) is 19.0 Å². The van der Waals surface area contributed by atoms with Gasteiger partial charge in [0.2, 0.25) is 17.7 Å². The van der Waals surface area contributed by atoms with Gasteiger partial charge < -0.3 is 30.3 Å². The van der Waals surface area contributed by atoms with Gasteiger partial charge in [-0.25, -0.2) is 9.80 Å². The summed E-state index contributed by atoms with van der Waals surface area (Å²) >= 11 is 1.57. The molecule has 0 bridgehead atoms. The van der Waals surface area contributed by atoms with Crippen LogP contribution < -0.4 is 21.4 Å². The third-order valence-electron chi connectivity index (χ3n) is 9.71. The second kappa shape index (κ2) is 21.2. The molecule has 4 N–H and O–H groups in total. The van der Waals surface area contributed by atoms with E-state index in [2.05, 4.69) is 21.4 Å². The average molecular weight is 807 g/mol. The molecule has 0 aliphatic heterocycles. The van der Waals surface area contributed by atoms with Gasteiger partial charge in [0.15, 0.2) is 6.29 Å². The zero-order valence-corrected chi connectivity index (χ0v) is 34.6. The van der Waals surface area contributed by atoms with Crippen LogP contribution >= 0.6 is 11.3 Å². The summed E-state index contributed by atoms with van der Waals surface area (Å²) < 4.78 is 13.1. The fraction of sp³-hybridized carbons (Fsp3) is 0.333. The number of nitrogens with one attached hydrogen (secondary N) is 4. The van der Waals surface area contributed by atoms with Gasteiger partial charge in [0.1, 0.15) is 11.6 Å². The minimum atomic E-state index is -1.33. The van der Waals surface area contributed by atoms with Crippen LogP contribution in [0.15, 0.2) is 121 Å². The summed E-state index contributed by atoms with van der Waals surface area (Å²) in [4.78, 5) is 57.6. The van der Waals surface area contributed by atoms with E-state index in [4.69, 9.17) is 9.47 Å². The Kier molecular flexibility index (Phi) is 15.9. The first-order valence-corrected chi connectivity index (χ1v) is 20.5. The molecule has 5 amide bonds.